The molecule has 0 atom stereocenters. The quantitative estimate of drug-likeness (QED) is 0.738. The van der Waals surface area contributed by atoms with E-state index in [1.54, 1.807) is 4.68 Å². The molecule has 0 radical (unpaired) electrons. The van der Waals surface area contributed by atoms with Crippen molar-refractivity contribution in [2.24, 2.45) is 0 Å². The molecule has 1 N–H and O–H groups in total. The van der Waals surface area contributed by atoms with Gasteiger partial charge in [0.15, 0.2) is 0 Å². The topological polar surface area (TPSA) is 73.2 Å². The number of nitrogens with zero attached hydrogens (tertiary/aromatic N) is 2. The number of nitrogens with one attached hydrogen (secondary N) is 1. The largest absolute Gasteiger partial charge is 0.383 e. The second-order valence-corrected chi connectivity index (χ2v) is 5.41. The maximum atomic E-state index is 11.7. The van der Waals surface area contributed by atoms with E-state index in [1.165, 1.54) is 19.5 Å². The minimum Gasteiger partial charge on any atom is -0.383 e. The number of sulfonamides is 1. The fourth-order valence-electron chi connectivity index (χ4n) is 1.10. The molecule has 0 aromatic carbocycles. The fraction of sp³-hybridized carbons (Fsp3) is 0.667. The first kappa shape index (κ1) is 13.1. The van der Waals surface area contributed by atoms with Crippen molar-refractivity contribution in [2.45, 2.75) is 24.8 Å². The lowest BCUT2D eigenvalue weighted by atomic mass is 10.4. The molecule has 0 saturated heterocycles. The SMILES string of the molecule is COCCNS(=O)(=O)c1cnn(C(C)C)c1. The summed E-state index contributed by atoms with van der Waals surface area (Å²) >= 11 is 0. The maximum absolute atomic E-state index is 11.7. The molecule has 1 aromatic heterocycles. The molecule has 0 unspecified atom stereocenters. The molecule has 0 amide bonds. The highest BCUT2D eigenvalue weighted by Gasteiger charge is 2.16. The predicted octanol–water partition coefficient (Wildman–Crippen LogP) is 0.389. The van der Waals surface area contributed by atoms with Crippen LogP contribution in [0.5, 0.6) is 0 Å². The van der Waals surface area contributed by atoms with Crippen LogP contribution in [0.1, 0.15) is 19.9 Å². The molecule has 0 bridgehead atoms. The van der Waals surface area contributed by atoms with Crippen LogP contribution in [0.25, 0.3) is 0 Å². The van der Waals surface area contributed by atoms with Crippen LogP contribution in [0.3, 0.4) is 0 Å². The monoisotopic (exact) mass is 247 g/mol. The zero-order chi connectivity index (χ0) is 12.2. The van der Waals surface area contributed by atoms with Gasteiger partial charge in [0.2, 0.25) is 10.0 Å². The first-order valence-corrected chi connectivity index (χ1v) is 6.48. The van der Waals surface area contributed by atoms with Crippen molar-refractivity contribution < 1.29 is 13.2 Å². The van der Waals surface area contributed by atoms with Gasteiger partial charge in [0.25, 0.3) is 0 Å². The molecule has 0 fully saturated rings. The zero-order valence-electron chi connectivity index (χ0n) is 9.67. The summed E-state index contributed by atoms with van der Waals surface area (Å²) in [4.78, 5) is 0.178. The third kappa shape index (κ3) is 3.29. The van der Waals surface area contributed by atoms with Gasteiger partial charge in [-0.15, -0.1) is 0 Å². The van der Waals surface area contributed by atoms with E-state index in [0.717, 1.165) is 0 Å². The molecule has 0 aliphatic heterocycles. The normalized spacial score (nSPS) is 12.2. The van der Waals surface area contributed by atoms with Crippen LogP contribution in [0.4, 0.5) is 0 Å². The van der Waals surface area contributed by atoms with Crippen molar-refractivity contribution >= 4 is 10.0 Å². The van der Waals surface area contributed by atoms with Crippen LogP contribution in [0, 0.1) is 0 Å². The molecule has 0 aliphatic rings. The van der Waals surface area contributed by atoms with Gasteiger partial charge in [-0.25, -0.2) is 13.1 Å². The van der Waals surface area contributed by atoms with Gasteiger partial charge in [-0.05, 0) is 13.8 Å². The van der Waals surface area contributed by atoms with Crippen molar-refractivity contribution in [3.63, 3.8) is 0 Å². The van der Waals surface area contributed by atoms with E-state index in [-0.39, 0.29) is 17.5 Å². The Kier molecular flexibility index (Phi) is 4.45. The van der Waals surface area contributed by atoms with Gasteiger partial charge in [0.05, 0.1) is 12.8 Å². The van der Waals surface area contributed by atoms with Crippen LogP contribution >= 0.6 is 0 Å². The number of ether oxygens (including phenoxy) is 1. The lowest BCUT2D eigenvalue weighted by Gasteiger charge is -2.04. The molecule has 92 valence electrons. The average Bonchev–Trinajstić information content (AvgIpc) is 2.67. The van der Waals surface area contributed by atoms with Crippen LogP contribution < -0.4 is 4.72 Å². The Morgan fingerprint density at radius 1 is 1.56 bits per heavy atom. The van der Waals surface area contributed by atoms with Gasteiger partial charge in [-0.2, -0.15) is 5.10 Å². The van der Waals surface area contributed by atoms with Gasteiger partial charge < -0.3 is 4.74 Å². The molecule has 7 heteroatoms. The van der Waals surface area contributed by atoms with Crippen molar-refractivity contribution in [1.29, 1.82) is 0 Å². The number of rotatable bonds is 6. The van der Waals surface area contributed by atoms with E-state index in [1.807, 2.05) is 13.8 Å². The summed E-state index contributed by atoms with van der Waals surface area (Å²) in [5.74, 6) is 0. The molecule has 0 aliphatic carbocycles. The standard InChI is InChI=1S/C9H17N3O3S/c1-8(2)12-7-9(6-10-12)16(13,14)11-4-5-15-3/h6-8,11H,4-5H2,1-3H3. The number of hydrogen-bond acceptors (Lipinski definition) is 4. The van der Waals surface area contributed by atoms with Gasteiger partial charge in [0.1, 0.15) is 4.90 Å². The van der Waals surface area contributed by atoms with Gasteiger partial charge in [0, 0.05) is 25.9 Å². The number of hydrogen-bond donors (Lipinski definition) is 1. The molecule has 1 heterocycles. The molecule has 0 spiro atoms. The third-order valence-electron chi connectivity index (χ3n) is 2.02. The smallest absolute Gasteiger partial charge is 0.243 e. The lowest BCUT2D eigenvalue weighted by Crippen LogP contribution is -2.26. The summed E-state index contributed by atoms with van der Waals surface area (Å²) in [6.07, 6.45) is 2.86. The highest BCUT2D eigenvalue weighted by Crippen LogP contribution is 2.10. The van der Waals surface area contributed by atoms with E-state index < -0.39 is 10.0 Å². The Morgan fingerprint density at radius 2 is 2.25 bits per heavy atom. The zero-order valence-corrected chi connectivity index (χ0v) is 10.5. The Balaban J connectivity index is 2.74. The van der Waals surface area contributed by atoms with Crippen molar-refractivity contribution in [1.82, 2.24) is 14.5 Å². The molecular weight excluding hydrogens is 230 g/mol. The van der Waals surface area contributed by atoms with Gasteiger partial charge in [-0.1, -0.05) is 0 Å². The van der Waals surface area contributed by atoms with Crippen molar-refractivity contribution in [3.8, 4) is 0 Å². The molecule has 6 nitrogen and oxygen atoms in total. The third-order valence-corrected chi connectivity index (χ3v) is 3.43. The minimum atomic E-state index is -3.46. The summed E-state index contributed by atoms with van der Waals surface area (Å²) < 4.78 is 32.2. The first-order valence-electron chi connectivity index (χ1n) is 5.00. The Bertz CT molecular complexity index is 425. The summed E-state index contributed by atoms with van der Waals surface area (Å²) in [5, 5.41) is 3.98. The Hall–Kier alpha value is -0.920. The molecule has 16 heavy (non-hydrogen) atoms. The summed E-state index contributed by atoms with van der Waals surface area (Å²) in [7, 11) is -1.94. The Labute approximate surface area is 95.7 Å². The van der Waals surface area contributed by atoms with Crippen LogP contribution in [0.15, 0.2) is 17.3 Å². The van der Waals surface area contributed by atoms with Gasteiger partial charge >= 0.3 is 0 Å². The van der Waals surface area contributed by atoms with Crippen molar-refractivity contribution in [2.75, 3.05) is 20.3 Å². The Morgan fingerprint density at radius 3 is 2.75 bits per heavy atom. The van der Waals surface area contributed by atoms with E-state index in [9.17, 15) is 8.42 Å². The van der Waals surface area contributed by atoms with Crippen LogP contribution in [-0.4, -0.2) is 38.5 Å². The number of aromatic nitrogens is 2. The van der Waals surface area contributed by atoms with E-state index in [2.05, 4.69) is 9.82 Å². The summed E-state index contributed by atoms with van der Waals surface area (Å²) in [6.45, 7) is 4.47. The van der Waals surface area contributed by atoms with Crippen LogP contribution in [-0.2, 0) is 14.8 Å². The highest BCUT2D eigenvalue weighted by molar-refractivity contribution is 7.89. The summed E-state index contributed by atoms with van der Waals surface area (Å²) in [6, 6.07) is 0.142. The average molecular weight is 247 g/mol. The lowest BCUT2D eigenvalue weighted by molar-refractivity contribution is 0.204. The molecular formula is C9H17N3O3S. The van der Waals surface area contributed by atoms with E-state index >= 15 is 0 Å². The predicted molar refractivity (Wildman–Crippen MR) is 59.7 cm³/mol. The van der Waals surface area contributed by atoms with Crippen molar-refractivity contribution in [3.05, 3.63) is 12.4 Å². The maximum Gasteiger partial charge on any atom is 0.243 e. The van der Waals surface area contributed by atoms with Gasteiger partial charge in [-0.3, -0.25) is 4.68 Å². The molecule has 1 rings (SSSR count). The molecule has 1 aromatic rings. The highest BCUT2D eigenvalue weighted by atomic mass is 32.2. The van der Waals surface area contributed by atoms with E-state index in [0.29, 0.717) is 6.61 Å². The number of methoxy groups -OCH3 is 1. The molecule has 0 saturated carbocycles. The van der Waals surface area contributed by atoms with Crippen LogP contribution in [0.2, 0.25) is 0 Å². The summed E-state index contributed by atoms with van der Waals surface area (Å²) in [5.41, 5.74) is 0. The second-order valence-electron chi connectivity index (χ2n) is 3.64. The van der Waals surface area contributed by atoms with E-state index in [4.69, 9.17) is 4.74 Å². The minimum absolute atomic E-state index is 0.142. The first-order chi connectivity index (χ1) is 7.47. The fourth-order valence-corrected chi connectivity index (χ4v) is 2.05. The second kappa shape index (κ2) is 5.42.